The number of likely N-dealkylation sites (N-methyl/N-ethyl adjacent to an activating group) is 1. The molecule has 2 heterocycles. The molecule has 16 heavy (non-hydrogen) atoms. The van der Waals surface area contributed by atoms with Crippen molar-refractivity contribution in [1.82, 2.24) is 15.1 Å². The van der Waals surface area contributed by atoms with Crippen LogP contribution < -0.4 is 5.32 Å². The smallest absolute Gasteiger partial charge is 0.105 e. The van der Waals surface area contributed by atoms with Gasteiger partial charge in [-0.15, -0.1) is 12.6 Å². The maximum atomic E-state index is 4.60. The quantitative estimate of drug-likeness (QED) is 0.439. The molecule has 2 aliphatic rings. The molecular formula is C12H23N3S. The lowest BCUT2D eigenvalue weighted by Gasteiger charge is -2.34. The third kappa shape index (κ3) is 2.62. The summed E-state index contributed by atoms with van der Waals surface area (Å²) >= 11 is 4.60. The summed E-state index contributed by atoms with van der Waals surface area (Å²) in [5, 5.41) is 3.24. The summed E-state index contributed by atoms with van der Waals surface area (Å²) in [5.41, 5.74) is 1.83. The number of nitrogens with zero attached hydrogens (tertiary/aromatic N) is 2. The zero-order chi connectivity index (χ0) is 11.5. The molecule has 2 rings (SSSR count). The molecular weight excluding hydrogens is 218 g/mol. The van der Waals surface area contributed by atoms with Crippen LogP contribution in [0.4, 0.5) is 0 Å². The molecule has 0 amide bonds. The van der Waals surface area contributed by atoms with Gasteiger partial charge in [0.2, 0.25) is 0 Å². The molecule has 0 spiro atoms. The van der Waals surface area contributed by atoms with Crippen LogP contribution in [-0.2, 0) is 0 Å². The van der Waals surface area contributed by atoms with Gasteiger partial charge in [0.1, 0.15) is 5.50 Å². The second-order valence-corrected chi connectivity index (χ2v) is 5.34. The average Bonchev–Trinajstić information content (AvgIpc) is 2.78. The van der Waals surface area contributed by atoms with E-state index in [0.717, 1.165) is 6.54 Å². The molecule has 0 aromatic carbocycles. The molecule has 1 N–H and O–H groups in total. The molecule has 0 aliphatic carbocycles. The van der Waals surface area contributed by atoms with Gasteiger partial charge in [-0.3, -0.25) is 10.2 Å². The van der Waals surface area contributed by atoms with Crippen molar-refractivity contribution in [3.05, 3.63) is 11.6 Å². The van der Waals surface area contributed by atoms with Crippen LogP contribution in [0.3, 0.4) is 0 Å². The summed E-state index contributed by atoms with van der Waals surface area (Å²) in [6.07, 6.45) is 6.25. The predicted molar refractivity (Wildman–Crippen MR) is 71.8 cm³/mol. The van der Waals surface area contributed by atoms with E-state index in [1.165, 1.54) is 32.4 Å². The highest BCUT2D eigenvalue weighted by Crippen LogP contribution is 2.29. The Bertz CT molecular complexity index is 267. The van der Waals surface area contributed by atoms with Gasteiger partial charge < -0.3 is 4.90 Å². The SMILES string of the molecule is CNC(S)N1CCC[C@H]1C1=CCN(C)CC1. The molecule has 1 unspecified atom stereocenters. The van der Waals surface area contributed by atoms with Crippen LogP contribution in [0.2, 0.25) is 0 Å². The second-order valence-electron chi connectivity index (χ2n) is 4.85. The lowest BCUT2D eigenvalue weighted by molar-refractivity contribution is 0.231. The third-order valence-electron chi connectivity index (χ3n) is 3.74. The van der Waals surface area contributed by atoms with Gasteiger partial charge in [0.25, 0.3) is 0 Å². The van der Waals surface area contributed by atoms with E-state index in [0.29, 0.717) is 6.04 Å². The van der Waals surface area contributed by atoms with Crippen molar-refractivity contribution in [2.75, 3.05) is 33.7 Å². The predicted octanol–water partition coefficient (Wildman–Crippen LogP) is 1.15. The highest BCUT2D eigenvalue weighted by atomic mass is 32.1. The van der Waals surface area contributed by atoms with E-state index >= 15 is 0 Å². The zero-order valence-corrected chi connectivity index (χ0v) is 11.2. The van der Waals surface area contributed by atoms with Crippen LogP contribution in [0.15, 0.2) is 11.6 Å². The van der Waals surface area contributed by atoms with E-state index in [4.69, 9.17) is 0 Å². The molecule has 0 aromatic rings. The lowest BCUT2D eigenvalue weighted by atomic mass is 9.98. The van der Waals surface area contributed by atoms with Crippen molar-refractivity contribution in [1.29, 1.82) is 0 Å². The first-order valence-electron chi connectivity index (χ1n) is 6.21. The number of nitrogens with one attached hydrogen (secondary N) is 1. The van der Waals surface area contributed by atoms with Crippen molar-refractivity contribution in [3.8, 4) is 0 Å². The number of hydrogen-bond acceptors (Lipinski definition) is 4. The Hall–Kier alpha value is -0.0300. The summed E-state index contributed by atoms with van der Waals surface area (Å²) in [6, 6.07) is 0.628. The Morgan fingerprint density at radius 2 is 2.31 bits per heavy atom. The Kier molecular flexibility index (Phi) is 4.30. The maximum Gasteiger partial charge on any atom is 0.105 e. The van der Waals surface area contributed by atoms with Crippen molar-refractivity contribution >= 4 is 12.6 Å². The van der Waals surface area contributed by atoms with Crippen molar-refractivity contribution in [2.45, 2.75) is 30.8 Å². The molecule has 2 aliphatic heterocycles. The van der Waals surface area contributed by atoms with E-state index < -0.39 is 0 Å². The molecule has 3 nitrogen and oxygen atoms in total. The van der Waals surface area contributed by atoms with Gasteiger partial charge in [0.05, 0.1) is 0 Å². The van der Waals surface area contributed by atoms with Crippen molar-refractivity contribution < 1.29 is 0 Å². The first-order valence-corrected chi connectivity index (χ1v) is 6.72. The number of rotatable bonds is 3. The van der Waals surface area contributed by atoms with Crippen LogP contribution in [0.1, 0.15) is 19.3 Å². The minimum absolute atomic E-state index is 0.202. The van der Waals surface area contributed by atoms with Gasteiger partial charge in [-0.1, -0.05) is 11.6 Å². The minimum atomic E-state index is 0.202. The topological polar surface area (TPSA) is 18.5 Å². The highest BCUT2D eigenvalue weighted by Gasteiger charge is 2.31. The van der Waals surface area contributed by atoms with Crippen LogP contribution in [0.5, 0.6) is 0 Å². The van der Waals surface area contributed by atoms with Gasteiger partial charge in [0, 0.05) is 25.7 Å². The van der Waals surface area contributed by atoms with Gasteiger partial charge in [-0.2, -0.15) is 0 Å². The molecule has 1 saturated heterocycles. The Labute approximate surface area is 104 Å². The summed E-state index contributed by atoms with van der Waals surface area (Å²) in [7, 11) is 4.17. The largest absolute Gasteiger partial charge is 0.302 e. The molecule has 4 heteroatoms. The fraction of sp³-hybridized carbons (Fsp3) is 0.833. The lowest BCUT2D eigenvalue weighted by Crippen LogP contribution is -2.44. The summed E-state index contributed by atoms with van der Waals surface area (Å²) < 4.78 is 0. The van der Waals surface area contributed by atoms with Crippen LogP contribution in [0, 0.1) is 0 Å². The summed E-state index contributed by atoms with van der Waals surface area (Å²) in [5.74, 6) is 0. The molecule has 0 saturated carbocycles. The highest BCUT2D eigenvalue weighted by molar-refractivity contribution is 7.80. The minimum Gasteiger partial charge on any atom is -0.302 e. The Morgan fingerprint density at radius 3 is 2.94 bits per heavy atom. The Balaban J connectivity index is 2.02. The molecule has 92 valence electrons. The van der Waals surface area contributed by atoms with Gasteiger partial charge >= 0.3 is 0 Å². The standard InChI is InChI=1S/C12H23N3S/c1-13-12(16)15-7-3-4-11(15)10-5-8-14(2)9-6-10/h5,11-13,16H,3-4,6-9H2,1-2H3/t11-,12?/m0/s1. The molecule has 1 fully saturated rings. The number of thiol groups is 1. The van der Waals surface area contributed by atoms with Crippen LogP contribution in [0.25, 0.3) is 0 Å². The zero-order valence-electron chi connectivity index (χ0n) is 10.3. The van der Waals surface area contributed by atoms with E-state index in [1.54, 1.807) is 5.57 Å². The van der Waals surface area contributed by atoms with Crippen LogP contribution >= 0.6 is 12.6 Å². The molecule has 0 aromatic heterocycles. The van der Waals surface area contributed by atoms with E-state index in [9.17, 15) is 0 Å². The van der Waals surface area contributed by atoms with Gasteiger partial charge in [-0.05, 0) is 33.4 Å². The van der Waals surface area contributed by atoms with Gasteiger partial charge in [-0.25, -0.2) is 0 Å². The van der Waals surface area contributed by atoms with E-state index in [-0.39, 0.29) is 5.50 Å². The first kappa shape index (κ1) is 12.4. The average molecular weight is 241 g/mol. The number of likely N-dealkylation sites (tertiary alicyclic amines) is 1. The second kappa shape index (κ2) is 5.54. The van der Waals surface area contributed by atoms with Crippen molar-refractivity contribution in [3.63, 3.8) is 0 Å². The normalized spacial score (nSPS) is 30.4. The summed E-state index contributed by atoms with van der Waals surface area (Å²) in [6.45, 7) is 3.48. The fourth-order valence-electron chi connectivity index (χ4n) is 2.73. The van der Waals surface area contributed by atoms with E-state index in [1.807, 2.05) is 7.05 Å². The molecule has 0 radical (unpaired) electrons. The Morgan fingerprint density at radius 1 is 1.50 bits per heavy atom. The summed E-state index contributed by atoms with van der Waals surface area (Å²) in [4.78, 5) is 4.86. The van der Waals surface area contributed by atoms with Gasteiger partial charge in [0.15, 0.2) is 0 Å². The maximum absolute atomic E-state index is 4.60. The fourth-order valence-corrected chi connectivity index (χ4v) is 3.01. The van der Waals surface area contributed by atoms with Crippen LogP contribution in [-0.4, -0.2) is 55.1 Å². The monoisotopic (exact) mass is 241 g/mol. The third-order valence-corrected chi connectivity index (χ3v) is 4.30. The molecule has 2 atom stereocenters. The first-order chi connectivity index (χ1) is 7.72. The van der Waals surface area contributed by atoms with Crippen molar-refractivity contribution in [2.24, 2.45) is 0 Å². The molecule has 0 bridgehead atoms. The van der Waals surface area contributed by atoms with E-state index in [2.05, 4.69) is 40.9 Å². The number of hydrogen-bond donors (Lipinski definition) is 2.